The van der Waals surface area contributed by atoms with Gasteiger partial charge in [0.25, 0.3) is 5.91 Å². The third kappa shape index (κ3) is 3.65. The van der Waals surface area contributed by atoms with Crippen molar-refractivity contribution in [3.63, 3.8) is 0 Å². The van der Waals surface area contributed by atoms with Gasteiger partial charge in [-0.15, -0.1) is 0 Å². The molecule has 0 aliphatic heterocycles. The van der Waals surface area contributed by atoms with Crippen molar-refractivity contribution in [1.29, 1.82) is 0 Å². The molecule has 3 N–H and O–H groups in total. The van der Waals surface area contributed by atoms with Gasteiger partial charge in [-0.05, 0) is 24.3 Å². The van der Waals surface area contributed by atoms with Crippen LogP contribution in [0.25, 0.3) is 0 Å². The van der Waals surface area contributed by atoms with E-state index in [1.807, 2.05) is 0 Å². The van der Waals surface area contributed by atoms with E-state index in [9.17, 15) is 4.79 Å². The third-order valence-electron chi connectivity index (χ3n) is 2.63. The van der Waals surface area contributed by atoms with E-state index in [1.165, 1.54) is 0 Å². The molecule has 1 amide bonds. The number of hydrogen-bond donors (Lipinski definition) is 2. The number of nitrogens with two attached hydrogens (primary N) is 1. The van der Waals surface area contributed by atoms with Gasteiger partial charge in [0.1, 0.15) is 11.5 Å². The summed E-state index contributed by atoms with van der Waals surface area (Å²) in [6, 6.07) is 14.1. The van der Waals surface area contributed by atoms with Gasteiger partial charge >= 0.3 is 0 Å². The van der Waals surface area contributed by atoms with E-state index in [-0.39, 0.29) is 12.5 Å². The standard InChI is InChI=1S/C15H16N2O3/c1-19-12-6-4-5-11(9-12)17-15(18)10-20-14-8-3-2-7-13(14)16/h2-9H,10,16H2,1H3,(H,17,18). The fourth-order valence-electron chi connectivity index (χ4n) is 1.65. The van der Waals surface area contributed by atoms with Crippen LogP contribution >= 0.6 is 0 Å². The second-order valence-corrected chi connectivity index (χ2v) is 4.11. The Morgan fingerprint density at radius 1 is 1.20 bits per heavy atom. The Hall–Kier alpha value is -2.69. The summed E-state index contributed by atoms with van der Waals surface area (Å²) in [4.78, 5) is 11.8. The van der Waals surface area contributed by atoms with Crippen LogP contribution in [0.1, 0.15) is 0 Å². The maximum absolute atomic E-state index is 11.8. The molecule has 2 rings (SSSR count). The molecule has 2 aromatic carbocycles. The number of nitrogens with one attached hydrogen (secondary N) is 1. The molecule has 0 aromatic heterocycles. The highest BCUT2D eigenvalue weighted by atomic mass is 16.5. The van der Waals surface area contributed by atoms with Gasteiger partial charge in [-0.1, -0.05) is 18.2 Å². The first-order valence-corrected chi connectivity index (χ1v) is 6.10. The molecule has 0 heterocycles. The zero-order valence-corrected chi connectivity index (χ0v) is 11.1. The van der Waals surface area contributed by atoms with E-state index in [1.54, 1.807) is 55.6 Å². The summed E-state index contributed by atoms with van der Waals surface area (Å²) in [6.45, 7) is -0.106. The highest BCUT2D eigenvalue weighted by Crippen LogP contribution is 2.20. The second-order valence-electron chi connectivity index (χ2n) is 4.11. The van der Waals surface area contributed by atoms with Gasteiger partial charge in [0.2, 0.25) is 0 Å². The number of ether oxygens (including phenoxy) is 2. The summed E-state index contributed by atoms with van der Waals surface area (Å²) >= 11 is 0. The molecule has 0 radical (unpaired) electrons. The summed E-state index contributed by atoms with van der Waals surface area (Å²) < 4.78 is 10.4. The fraction of sp³-hybridized carbons (Fsp3) is 0.133. The first kappa shape index (κ1) is 13.7. The van der Waals surface area contributed by atoms with Crippen LogP contribution in [0.5, 0.6) is 11.5 Å². The van der Waals surface area contributed by atoms with Crippen LogP contribution in [0.15, 0.2) is 48.5 Å². The van der Waals surface area contributed by atoms with Crippen molar-refractivity contribution >= 4 is 17.3 Å². The first-order valence-electron chi connectivity index (χ1n) is 6.10. The van der Waals surface area contributed by atoms with Crippen LogP contribution in [0.4, 0.5) is 11.4 Å². The van der Waals surface area contributed by atoms with Gasteiger partial charge in [0, 0.05) is 11.8 Å². The van der Waals surface area contributed by atoms with Crippen molar-refractivity contribution in [2.24, 2.45) is 0 Å². The molecule has 0 atom stereocenters. The van der Waals surface area contributed by atoms with Crippen LogP contribution in [0.2, 0.25) is 0 Å². The minimum absolute atomic E-state index is 0.106. The molecule has 0 spiro atoms. The average Bonchev–Trinajstić information content (AvgIpc) is 2.46. The molecule has 20 heavy (non-hydrogen) atoms. The summed E-state index contributed by atoms with van der Waals surface area (Å²) in [6.07, 6.45) is 0. The number of amides is 1. The number of benzene rings is 2. The molecule has 0 saturated heterocycles. The topological polar surface area (TPSA) is 73.6 Å². The molecule has 104 valence electrons. The molecule has 5 heteroatoms. The molecule has 0 aliphatic carbocycles. The number of hydrogen-bond acceptors (Lipinski definition) is 4. The fourth-order valence-corrected chi connectivity index (χ4v) is 1.65. The van der Waals surface area contributed by atoms with Gasteiger partial charge in [-0.25, -0.2) is 0 Å². The normalized spacial score (nSPS) is 9.85. The molecular formula is C15H16N2O3. The van der Waals surface area contributed by atoms with Crippen LogP contribution in [-0.4, -0.2) is 19.6 Å². The van der Waals surface area contributed by atoms with E-state index in [0.29, 0.717) is 22.9 Å². The van der Waals surface area contributed by atoms with E-state index in [0.717, 1.165) is 0 Å². The molecular weight excluding hydrogens is 256 g/mol. The van der Waals surface area contributed by atoms with E-state index in [2.05, 4.69) is 5.32 Å². The van der Waals surface area contributed by atoms with Crippen molar-refractivity contribution in [3.8, 4) is 11.5 Å². The number of nitrogen functional groups attached to an aromatic ring is 1. The molecule has 0 unspecified atom stereocenters. The molecule has 0 fully saturated rings. The quantitative estimate of drug-likeness (QED) is 0.819. The van der Waals surface area contributed by atoms with Gasteiger partial charge in [0.05, 0.1) is 12.8 Å². The number of carbonyl (C=O) groups is 1. The predicted molar refractivity (Wildman–Crippen MR) is 78.0 cm³/mol. The highest BCUT2D eigenvalue weighted by molar-refractivity contribution is 5.92. The van der Waals surface area contributed by atoms with Gasteiger partial charge in [-0.3, -0.25) is 4.79 Å². The Balaban J connectivity index is 1.91. The first-order chi connectivity index (χ1) is 9.69. The Morgan fingerprint density at radius 3 is 2.75 bits per heavy atom. The second kappa shape index (κ2) is 6.47. The summed E-state index contributed by atoms with van der Waals surface area (Å²) in [5.41, 5.74) is 6.88. The lowest BCUT2D eigenvalue weighted by Crippen LogP contribution is -2.20. The van der Waals surface area contributed by atoms with Crippen LogP contribution < -0.4 is 20.5 Å². The molecule has 2 aromatic rings. The molecule has 0 aliphatic rings. The van der Waals surface area contributed by atoms with Crippen LogP contribution in [-0.2, 0) is 4.79 Å². The van der Waals surface area contributed by atoms with E-state index >= 15 is 0 Å². The minimum Gasteiger partial charge on any atom is -0.497 e. The van der Waals surface area contributed by atoms with Crippen molar-refractivity contribution < 1.29 is 14.3 Å². The van der Waals surface area contributed by atoms with Crippen LogP contribution in [0.3, 0.4) is 0 Å². The number of methoxy groups -OCH3 is 1. The summed E-state index contributed by atoms with van der Waals surface area (Å²) in [5, 5.41) is 2.72. The Labute approximate surface area is 117 Å². The molecule has 5 nitrogen and oxygen atoms in total. The lowest BCUT2D eigenvalue weighted by molar-refractivity contribution is -0.118. The zero-order chi connectivity index (χ0) is 14.4. The lowest BCUT2D eigenvalue weighted by Gasteiger charge is -2.09. The Bertz CT molecular complexity index is 599. The van der Waals surface area contributed by atoms with Crippen molar-refractivity contribution in [2.75, 3.05) is 24.8 Å². The Morgan fingerprint density at radius 2 is 2.00 bits per heavy atom. The highest BCUT2D eigenvalue weighted by Gasteiger charge is 2.06. The van der Waals surface area contributed by atoms with Crippen molar-refractivity contribution in [2.45, 2.75) is 0 Å². The maximum atomic E-state index is 11.8. The lowest BCUT2D eigenvalue weighted by atomic mass is 10.3. The monoisotopic (exact) mass is 272 g/mol. The van der Waals surface area contributed by atoms with Crippen molar-refractivity contribution in [1.82, 2.24) is 0 Å². The molecule has 0 bridgehead atoms. The average molecular weight is 272 g/mol. The summed E-state index contributed by atoms with van der Waals surface area (Å²) in [7, 11) is 1.57. The SMILES string of the molecule is COc1cccc(NC(=O)COc2ccccc2N)c1. The molecule has 0 saturated carbocycles. The van der Waals surface area contributed by atoms with Crippen molar-refractivity contribution in [3.05, 3.63) is 48.5 Å². The minimum atomic E-state index is -0.262. The maximum Gasteiger partial charge on any atom is 0.262 e. The predicted octanol–water partition coefficient (Wildman–Crippen LogP) is 2.29. The smallest absolute Gasteiger partial charge is 0.262 e. The zero-order valence-electron chi connectivity index (χ0n) is 11.1. The number of para-hydroxylation sites is 2. The van der Waals surface area contributed by atoms with E-state index < -0.39 is 0 Å². The van der Waals surface area contributed by atoms with Gasteiger partial charge in [0.15, 0.2) is 6.61 Å². The van der Waals surface area contributed by atoms with Crippen LogP contribution in [0, 0.1) is 0 Å². The van der Waals surface area contributed by atoms with Gasteiger partial charge in [-0.2, -0.15) is 0 Å². The largest absolute Gasteiger partial charge is 0.497 e. The Kier molecular flexibility index (Phi) is 4.44. The van der Waals surface area contributed by atoms with Gasteiger partial charge < -0.3 is 20.5 Å². The third-order valence-corrected chi connectivity index (χ3v) is 2.63. The number of carbonyl (C=O) groups excluding carboxylic acids is 1. The number of anilines is 2. The summed E-state index contributed by atoms with van der Waals surface area (Å²) in [5.74, 6) is 0.908. The van der Waals surface area contributed by atoms with E-state index in [4.69, 9.17) is 15.2 Å². The number of rotatable bonds is 5.